The lowest BCUT2D eigenvalue weighted by molar-refractivity contribution is 0.0648. The van der Waals surface area contributed by atoms with Crippen molar-refractivity contribution in [2.24, 2.45) is 0 Å². The van der Waals surface area contributed by atoms with Gasteiger partial charge in [-0.3, -0.25) is 4.68 Å². The van der Waals surface area contributed by atoms with E-state index < -0.39 is 0 Å². The molecule has 2 N–H and O–H groups in total. The zero-order valence-electron chi connectivity index (χ0n) is 13.5. The van der Waals surface area contributed by atoms with Gasteiger partial charge in [0.2, 0.25) is 5.95 Å². The van der Waals surface area contributed by atoms with E-state index in [4.69, 9.17) is 10.5 Å². The van der Waals surface area contributed by atoms with Crippen molar-refractivity contribution in [2.75, 3.05) is 12.8 Å². The third-order valence-corrected chi connectivity index (χ3v) is 4.47. The summed E-state index contributed by atoms with van der Waals surface area (Å²) >= 11 is 0. The Kier molecular flexibility index (Phi) is 3.78. The van der Waals surface area contributed by atoms with Crippen molar-refractivity contribution in [1.29, 1.82) is 0 Å². The van der Waals surface area contributed by atoms with Crippen molar-refractivity contribution < 1.29 is 4.74 Å². The van der Waals surface area contributed by atoms with E-state index in [0.717, 1.165) is 30.8 Å². The van der Waals surface area contributed by atoms with Crippen LogP contribution >= 0.6 is 0 Å². The van der Waals surface area contributed by atoms with Crippen molar-refractivity contribution in [2.45, 2.75) is 31.5 Å². The molecule has 2 atom stereocenters. The molecule has 4 rings (SSSR count). The molecule has 0 spiro atoms. The van der Waals surface area contributed by atoms with Crippen LogP contribution in [0.1, 0.15) is 41.9 Å². The van der Waals surface area contributed by atoms with Gasteiger partial charge in [0.05, 0.1) is 18.8 Å². The van der Waals surface area contributed by atoms with Gasteiger partial charge in [-0.2, -0.15) is 10.1 Å². The Bertz CT molecular complexity index is 825. The Morgan fingerprint density at radius 3 is 2.88 bits per heavy atom. The molecule has 24 heavy (non-hydrogen) atoms. The van der Waals surface area contributed by atoms with Gasteiger partial charge in [0.15, 0.2) is 5.82 Å². The van der Waals surface area contributed by atoms with Gasteiger partial charge in [-0.1, -0.05) is 30.3 Å². The fourth-order valence-electron chi connectivity index (χ4n) is 3.30. The molecule has 0 saturated carbocycles. The molecule has 1 aromatic carbocycles. The predicted molar refractivity (Wildman–Crippen MR) is 89.3 cm³/mol. The highest BCUT2D eigenvalue weighted by atomic mass is 16.5. The summed E-state index contributed by atoms with van der Waals surface area (Å²) in [5.74, 6) is 1.08. The van der Waals surface area contributed by atoms with E-state index in [-0.39, 0.29) is 18.1 Å². The van der Waals surface area contributed by atoms with E-state index in [2.05, 4.69) is 33.5 Å². The number of nitrogens with zero attached hydrogens (tertiary/aromatic N) is 5. The van der Waals surface area contributed by atoms with Crippen LogP contribution < -0.4 is 5.73 Å². The number of anilines is 1. The third kappa shape index (κ3) is 2.67. The summed E-state index contributed by atoms with van der Waals surface area (Å²) in [7, 11) is 1.69. The molecular weight excluding hydrogens is 304 g/mol. The first kappa shape index (κ1) is 14.9. The number of rotatable bonds is 4. The first-order valence-electron chi connectivity index (χ1n) is 8.05. The van der Waals surface area contributed by atoms with Crippen LogP contribution in [0.3, 0.4) is 0 Å². The minimum atomic E-state index is -0.0505. The van der Waals surface area contributed by atoms with Gasteiger partial charge in [0.1, 0.15) is 6.10 Å². The maximum absolute atomic E-state index is 5.80. The van der Waals surface area contributed by atoms with E-state index in [1.165, 1.54) is 5.56 Å². The maximum Gasteiger partial charge on any atom is 0.239 e. The van der Waals surface area contributed by atoms with E-state index in [9.17, 15) is 0 Å². The molecule has 0 saturated heterocycles. The highest BCUT2D eigenvalue weighted by Gasteiger charge is 2.31. The molecule has 0 radical (unpaired) electrons. The number of hydrogen-bond donors (Lipinski definition) is 1. The van der Waals surface area contributed by atoms with Gasteiger partial charge in [-0.25, -0.2) is 4.68 Å². The zero-order chi connectivity index (χ0) is 16.5. The lowest BCUT2D eigenvalue weighted by Crippen LogP contribution is -2.24. The number of ether oxygens (including phenoxy) is 1. The molecule has 3 aromatic rings. The van der Waals surface area contributed by atoms with Gasteiger partial charge < -0.3 is 10.5 Å². The number of benzene rings is 1. The van der Waals surface area contributed by atoms with Crippen LogP contribution in [-0.2, 0) is 11.3 Å². The van der Waals surface area contributed by atoms with Gasteiger partial charge in [-0.05, 0) is 18.4 Å². The van der Waals surface area contributed by atoms with E-state index in [1.807, 2.05) is 33.8 Å². The molecule has 1 aliphatic rings. The molecule has 3 heterocycles. The van der Waals surface area contributed by atoms with Gasteiger partial charge in [0.25, 0.3) is 0 Å². The molecule has 7 heteroatoms. The lowest BCUT2D eigenvalue weighted by atomic mass is 9.98. The van der Waals surface area contributed by atoms with Crippen LogP contribution in [0.4, 0.5) is 5.95 Å². The molecule has 0 fully saturated rings. The molecule has 0 amide bonds. The van der Waals surface area contributed by atoms with Crippen LogP contribution in [0, 0.1) is 0 Å². The first-order valence-corrected chi connectivity index (χ1v) is 8.05. The highest BCUT2D eigenvalue weighted by molar-refractivity contribution is 5.22. The van der Waals surface area contributed by atoms with Gasteiger partial charge >= 0.3 is 0 Å². The van der Waals surface area contributed by atoms with Crippen molar-refractivity contribution in [3.63, 3.8) is 0 Å². The SMILES string of the molecule is COC1CCC(c2cnn(Cc3ccccc3)c2)n2nc(N)nc21. The highest BCUT2D eigenvalue weighted by Crippen LogP contribution is 2.36. The fourth-order valence-corrected chi connectivity index (χ4v) is 3.30. The van der Waals surface area contributed by atoms with E-state index >= 15 is 0 Å². The Hall–Kier alpha value is -2.67. The number of methoxy groups -OCH3 is 1. The molecule has 124 valence electrons. The number of fused-ring (bicyclic) bond motifs is 1. The molecule has 0 aliphatic carbocycles. The van der Waals surface area contributed by atoms with Crippen LogP contribution in [0.25, 0.3) is 0 Å². The summed E-state index contributed by atoms with van der Waals surface area (Å²) in [6, 6.07) is 10.4. The monoisotopic (exact) mass is 324 g/mol. The first-order chi connectivity index (χ1) is 11.7. The predicted octanol–water partition coefficient (Wildman–Crippen LogP) is 2.18. The second-order valence-corrected chi connectivity index (χ2v) is 6.05. The Morgan fingerprint density at radius 2 is 2.08 bits per heavy atom. The molecule has 0 bridgehead atoms. The quantitative estimate of drug-likeness (QED) is 0.795. The largest absolute Gasteiger partial charge is 0.373 e. The number of nitrogen functional groups attached to an aromatic ring is 1. The summed E-state index contributed by atoms with van der Waals surface area (Å²) in [5.41, 5.74) is 8.14. The number of nitrogens with two attached hydrogens (primary N) is 1. The zero-order valence-corrected chi connectivity index (χ0v) is 13.5. The smallest absolute Gasteiger partial charge is 0.239 e. The van der Waals surface area contributed by atoms with Crippen LogP contribution in [0.5, 0.6) is 0 Å². The summed E-state index contributed by atoms with van der Waals surface area (Å²) in [5, 5.41) is 8.86. The molecule has 1 aliphatic heterocycles. The van der Waals surface area contributed by atoms with Gasteiger partial charge in [0, 0.05) is 18.9 Å². The van der Waals surface area contributed by atoms with Crippen molar-refractivity contribution in [1.82, 2.24) is 24.5 Å². The second-order valence-electron chi connectivity index (χ2n) is 6.05. The van der Waals surface area contributed by atoms with Crippen molar-refractivity contribution in [3.8, 4) is 0 Å². The van der Waals surface area contributed by atoms with Crippen molar-refractivity contribution >= 4 is 5.95 Å². The Morgan fingerprint density at radius 1 is 1.25 bits per heavy atom. The third-order valence-electron chi connectivity index (χ3n) is 4.47. The topological polar surface area (TPSA) is 83.8 Å². The summed E-state index contributed by atoms with van der Waals surface area (Å²) < 4.78 is 9.34. The average molecular weight is 324 g/mol. The minimum absolute atomic E-state index is 0.0505. The molecule has 2 unspecified atom stereocenters. The Labute approximate surface area is 140 Å². The van der Waals surface area contributed by atoms with Crippen LogP contribution in [0.15, 0.2) is 42.7 Å². The lowest BCUT2D eigenvalue weighted by Gasteiger charge is -2.27. The van der Waals surface area contributed by atoms with Crippen LogP contribution in [0.2, 0.25) is 0 Å². The fraction of sp³-hybridized carbons (Fsp3) is 0.353. The number of aromatic nitrogens is 5. The summed E-state index contributed by atoms with van der Waals surface area (Å²) in [6.07, 6.45) is 5.74. The maximum atomic E-state index is 5.80. The number of hydrogen-bond acceptors (Lipinski definition) is 5. The molecule has 2 aromatic heterocycles. The summed E-state index contributed by atoms with van der Waals surface area (Å²) in [4.78, 5) is 4.33. The van der Waals surface area contributed by atoms with Gasteiger partial charge in [-0.15, -0.1) is 5.10 Å². The van der Waals surface area contributed by atoms with E-state index in [0.29, 0.717) is 0 Å². The summed E-state index contributed by atoms with van der Waals surface area (Å²) in [6.45, 7) is 0.751. The Balaban J connectivity index is 1.60. The molecule has 7 nitrogen and oxygen atoms in total. The standard InChI is InChI=1S/C17H20N6O/c1-24-15-8-7-14(23-16(15)20-17(18)21-23)13-9-19-22(11-13)10-12-5-3-2-4-6-12/h2-6,9,11,14-15H,7-8,10H2,1H3,(H2,18,21). The van der Waals surface area contributed by atoms with Crippen LogP contribution in [-0.4, -0.2) is 31.7 Å². The van der Waals surface area contributed by atoms with Crippen molar-refractivity contribution in [3.05, 3.63) is 59.7 Å². The molecular formula is C17H20N6O. The second kappa shape index (κ2) is 6.09. The minimum Gasteiger partial charge on any atom is -0.373 e. The van der Waals surface area contributed by atoms with E-state index in [1.54, 1.807) is 7.11 Å². The normalized spacial score (nSPS) is 20.0. The average Bonchev–Trinajstić information content (AvgIpc) is 3.21.